The van der Waals surface area contributed by atoms with Crippen LogP contribution in [0.15, 0.2) is 12.3 Å². The van der Waals surface area contributed by atoms with Crippen molar-refractivity contribution in [3.63, 3.8) is 0 Å². The van der Waals surface area contributed by atoms with Crippen molar-refractivity contribution >= 4 is 24.4 Å². The van der Waals surface area contributed by atoms with E-state index in [-0.39, 0.29) is 24.0 Å². The third-order valence-corrected chi connectivity index (χ3v) is 11.0. The van der Waals surface area contributed by atoms with Crippen LogP contribution < -0.4 is 0 Å². The quantitative estimate of drug-likeness (QED) is 0.0838. The fraction of sp³-hybridized carbons (Fsp3) is 0.857. The SMILES string of the molecule is C=C(OS(=O)(=O)C(F)(F)F)C(C)C[C@@H](CCCOC(=O)C(C)(C)C)O[Si](C)(C)C(C)(C)C. The first-order chi connectivity index (χ1) is 14.0. The Morgan fingerprint density at radius 2 is 1.56 bits per heavy atom. The Morgan fingerprint density at radius 1 is 1.06 bits per heavy atom. The van der Waals surface area contributed by atoms with E-state index in [9.17, 15) is 26.4 Å². The van der Waals surface area contributed by atoms with E-state index in [1.165, 1.54) is 6.92 Å². The lowest BCUT2D eigenvalue weighted by Crippen LogP contribution is -2.44. The van der Waals surface area contributed by atoms with Gasteiger partial charge >= 0.3 is 21.6 Å². The lowest BCUT2D eigenvalue weighted by Gasteiger charge is -2.40. The molecule has 2 atom stereocenters. The van der Waals surface area contributed by atoms with Gasteiger partial charge in [-0.05, 0) is 58.2 Å². The van der Waals surface area contributed by atoms with Crippen LogP contribution in [0.1, 0.15) is 67.7 Å². The molecule has 0 aromatic rings. The van der Waals surface area contributed by atoms with E-state index >= 15 is 0 Å². The fourth-order valence-corrected chi connectivity index (χ4v) is 4.25. The molecular formula is C21H39F3O6SSi. The normalized spacial score (nSPS) is 15.8. The summed E-state index contributed by atoms with van der Waals surface area (Å²) in [4.78, 5) is 11.9. The Hall–Kier alpha value is -1.07. The Labute approximate surface area is 192 Å². The molecule has 0 aromatic heterocycles. The van der Waals surface area contributed by atoms with Crippen LogP contribution in [-0.2, 0) is 28.3 Å². The molecule has 0 amide bonds. The van der Waals surface area contributed by atoms with Gasteiger partial charge in [0.05, 0.1) is 12.0 Å². The van der Waals surface area contributed by atoms with E-state index in [1.807, 2.05) is 13.1 Å². The van der Waals surface area contributed by atoms with Gasteiger partial charge in [0.15, 0.2) is 8.32 Å². The summed E-state index contributed by atoms with van der Waals surface area (Å²) in [5, 5.41) is -0.111. The minimum atomic E-state index is -5.77. The molecule has 0 aromatic carbocycles. The average Bonchev–Trinajstić information content (AvgIpc) is 2.54. The molecule has 190 valence electrons. The summed E-state index contributed by atoms with van der Waals surface area (Å²) in [5.41, 5.74) is -6.14. The monoisotopic (exact) mass is 504 g/mol. The van der Waals surface area contributed by atoms with Crippen LogP contribution >= 0.6 is 0 Å². The van der Waals surface area contributed by atoms with Crippen LogP contribution in [0.25, 0.3) is 0 Å². The summed E-state index contributed by atoms with van der Waals surface area (Å²) >= 11 is 0. The molecule has 0 heterocycles. The van der Waals surface area contributed by atoms with Crippen molar-refractivity contribution in [1.82, 2.24) is 0 Å². The topological polar surface area (TPSA) is 78.9 Å². The van der Waals surface area contributed by atoms with E-state index in [1.54, 1.807) is 20.8 Å². The van der Waals surface area contributed by atoms with Gasteiger partial charge in [0.1, 0.15) is 5.76 Å². The summed E-state index contributed by atoms with van der Waals surface area (Å²) in [6.07, 6.45) is 0.787. The molecule has 0 aliphatic heterocycles. The van der Waals surface area contributed by atoms with Crippen molar-refractivity contribution < 1.29 is 39.7 Å². The molecule has 0 aliphatic rings. The Balaban J connectivity index is 5.27. The highest BCUT2D eigenvalue weighted by Gasteiger charge is 2.49. The second-order valence-corrected chi connectivity index (χ2v) is 16.9. The number of allylic oxidation sites excluding steroid dienone is 1. The van der Waals surface area contributed by atoms with E-state index in [0.717, 1.165) is 0 Å². The van der Waals surface area contributed by atoms with Crippen molar-refractivity contribution in [3.8, 4) is 0 Å². The first-order valence-electron chi connectivity index (χ1n) is 10.6. The molecule has 11 heteroatoms. The average molecular weight is 505 g/mol. The lowest BCUT2D eigenvalue weighted by molar-refractivity contribution is -0.153. The van der Waals surface area contributed by atoms with Gasteiger partial charge in [-0.1, -0.05) is 34.3 Å². The van der Waals surface area contributed by atoms with Gasteiger partial charge in [0.2, 0.25) is 0 Å². The van der Waals surface area contributed by atoms with Crippen LogP contribution in [-0.4, -0.2) is 40.9 Å². The molecule has 0 saturated heterocycles. The molecule has 0 N–H and O–H groups in total. The van der Waals surface area contributed by atoms with Crippen LogP contribution in [0, 0.1) is 11.3 Å². The van der Waals surface area contributed by atoms with E-state index in [0.29, 0.717) is 12.8 Å². The summed E-state index contributed by atoms with van der Waals surface area (Å²) in [6, 6.07) is 0. The van der Waals surface area contributed by atoms with Crippen LogP contribution in [0.2, 0.25) is 18.1 Å². The van der Waals surface area contributed by atoms with Gasteiger partial charge in [0.25, 0.3) is 0 Å². The highest BCUT2D eigenvalue weighted by Crippen LogP contribution is 2.39. The van der Waals surface area contributed by atoms with Crippen LogP contribution in [0.5, 0.6) is 0 Å². The number of carbonyl (C=O) groups is 1. The molecular weight excluding hydrogens is 465 g/mol. The molecule has 0 spiro atoms. The molecule has 0 saturated carbocycles. The maximum absolute atomic E-state index is 12.6. The fourth-order valence-electron chi connectivity index (χ4n) is 2.31. The smallest absolute Gasteiger partial charge is 0.465 e. The number of esters is 1. The molecule has 1 unspecified atom stereocenters. The van der Waals surface area contributed by atoms with Gasteiger partial charge in [-0.25, -0.2) is 0 Å². The predicted octanol–water partition coefficient (Wildman–Crippen LogP) is 6.15. The number of alkyl halides is 3. The second-order valence-electron chi connectivity index (χ2n) is 10.6. The van der Waals surface area contributed by atoms with E-state index in [4.69, 9.17) is 9.16 Å². The molecule has 6 nitrogen and oxygen atoms in total. The third kappa shape index (κ3) is 9.82. The highest BCUT2D eigenvalue weighted by atomic mass is 32.2. The Bertz CT molecular complexity index is 749. The van der Waals surface area contributed by atoms with E-state index in [2.05, 4.69) is 31.5 Å². The number of rotatable bonds is 11. The summed E-state index contributed by atoms with van der Waals surface area (Å²) < 4.78 is 76.3. The van der Waals surface area contributed by atoms with Crippen molar-refractivity contribution in [2.45, 2.75) is 97.5 Å². The van der Waals surface area contributed by atoms with E-state index < -0.39 is 47.1 Å². The standard InChI is InChI=1S/C21H39F3O6SSi/c1-15(16(2)29-31(26,27)21(22,23)24)14-17(30-32(9,10)20(6,7)8)12-11-13-28-18(25)19(3,4)5/h15,17H,2,11-14H2,1,3-10H3/t15?,17-/m1/s1. The largest absolute Gasteiger partial charge is 0.534 e. The summed E-state index contributed by atoms with van der Waals surface area (Å²) in [7, 11) is -8.00. The highest BCUT2D eigenvalue weighted by molar-refractivity contribution is 7.87. The Morgan fingerprint density at radius 3 is 1.97 bits per heavy atom. The molecule has 0 bridgehead atoms. The van der Waals surface area contributed by atoms with Crippen LogP contribution in [0.4, 0.5) is 13.2 Å². The molecule has 0 fully saturated rings. The number of hydrogen-bond donors (Lipinski definition) is 0. The van der Waals surface area contributed by atoms with Gasteiger partial charge < -0.3 is 13.3 Å². The van der Waals surface area contributed by atoms with Gasteiger partial charge in [-0.15, -0.1) is 0 Å². The number of hydrogen-bond acceptors (Lipinski definition) is 6. The second kappa shape index (κ2) is 10.9. The molecule has 0 rings (SSSR count). The zero-order valence-electron chi connectivity index (χ0n) is 20.7. The number of ether oxygens (including phenoxy) is 1. The number of halogens is 3. The van der Waals surface area contributed by atoms with Gasteiger partial charge in [-0.2, -0.15) is 21.6 Å². The lowest BCUT2D eigenvalue weighted by atomic mass is 9.97. The minimum Gasteiger partial charge on any atom is -0.465 e. The maximum Gasteiger partial charge on any atom is 0.534 e. The van der Waals surface area contributed by atoms with Gasteiger partial charge in [0, 0.05) is 12.0 Å². The van der Waals surface area contributed by atoms with Crippen LogP contribution in [0.3, 0.4) is 0 Å². The Kier molecular flexibility index (Phi) is 10.5. The zero-order chi connectivity index (χ0) is 25.8. The number of carbonyl (C=O) groups excluding carboxylic acids is 1. The van der Waals surface area contributed by atoms with Crippen molar-refractivity contribution in [3.05, 3.63) is 12.3 Å². The van der Waals surface area contributed by atoms with Crippen molar-refractivity contribution in [2.24, 2.45) is 11.3 Å². The first kappa shape index (κ1) is 30.9. The zero-order valence-corrected chi connectivity index (χ0v) is 22.5. The third-order valence-electron chi connectivity index (χ3n) is 5.45. The van der Waals surface area contributed by atoms with Gasteiger partial charge in [-0.3, -0.25) is 4.79 Å². The molecule has 32 heavy (non-hydrogen) atoms. The minimum absolute atomic E-state index is 0.111. The predicted molar refractivity (Wildman–Crippen MR) is 121 cm³/mol. The summed E-state index contributed by atoms with van der Waals surface area (Å²) in [5.74, 6) is -1.53. The first-order valence-corrected chi connectivity index (χ1v) is 14.9. The molecule has 0 radical (unpaired) electrons. The summed E-state index contributed by atoms with van der Waals surface area (Å²) in [6.45, 7) is 20.6. The van der Waals surface area contributed by atoms with Crippen molar-refractivity contribution in [1.29, 1.82) is 0 Å². The molecule has 0 aliphatic carbocycles. The van der Waals surface area contributed by atoms with Crippen molar-refractivity contribution in [2.75, 3.05) is 6.61 Å². The maximum atomic E-state index is 12.6.